The smallest absolute Gasteiger partial charge is 0.337 e. The van der Waals surface area contributed by atoms with E-state index in [1.54, 1.807) is 12.1 Å². The second kappa shape index (κ2) is 8.96. The van der Waals surface area contributed by atoms with Crippen LogP contribution in [0.4, 0.5) is 5.82 Å². The van der Waals surface area contributed by atoms with Crippen LogP contribution >= 0.6 is 0 Å². The zero-order chi connectivity index (χ0) is 21.8. The molecule has 0 saturated carbocycles. The summed E-state index contributed by atoms with van der Waals surface area (Å²) in [5.74, 6) is 0.381. The molecule has 0 aliphatic carbocycles. The van der Waals surface area contributed by atoms with E-state index in [9.17, 15) is 4.79 Å². The number of ether oxygens (including phenoxy) is 1. The number of carbonyl (C=O) groups excluding carboxylic acids is 1. The van der Waals surface area contributed by atoms with Gasteiger partial charge in [-0.15, -0.1) is 0 Å². The van der Waals surface area contributed by atoms with Gasteiger partial charge in [0.05, 0.1) is 23.7 Å². The number of carbonyl (C=O) groups is 1. The van der Waals surface area contributed by atoms with Crippen molar-refractivity contribution in [3.8, 4) is 11.3 Å². The lowest BCUT2D eigenvalue weighted by Gasteiger charge is -2.32. The molecule has 4 rings (SSSR count). The summed E-state index contributed by atoms with van der Waals surface area (Å²) in [5.41, 5.74) is 5.92. The molecule has 156 valence electrons. The number of aromatic nitrogens is 2. The molecule has 5 heteroatoms. The Bertz CT molecular complexity index is 1200. The molecule has 0 spiro atoms. The van der Waals surface area contributed by atoms with Gasteiger partial charge in [-0.2, -0.15) is 0 Å². The van der Waals surface area contributed by atoms with E-state index in [0.29, 0.717) is 11.1 Å². The average molecular weight is 412 g/mol. The van der Waals surface area contributed by atoms with Gasteiger partial charge in [0.2, 0.25) is 0 Å². The molecule has 0 saturated heterocycles. The first-order chi connectivity index (χ1) is 15.2. The fourth-order valence-corrected chi connectivity index (χ4v) is 3.90. The summed E-state index contributed by atoms with van der Waals surface area (Å²) in [6, 6.07) is 15.3. The van der Waals surface area contributed by atoms with E-state index < -0.39 is 0 Å². The highest BCUT2D eigenvalue weighted by Crippen LogP contribution is 2.35. The molecule has 2 heterocycles. The minimum Gasteiger partial charge on any atom is -0.465 e. The minimum atomic E-state index is -0.390. The van der Waals surface area contributed by atoms with Gasteiger partial charge >= 0.3 is 5.97 Å². The molecule has 0 radical (unpaired) electrons. The van der Waals surface area contributed by atoms with Crippen molar-refractivity contribution in [2.24, 2.45) is 0 Å². The molecule has 0 fully saturated rings. The van der Waals surface area contributed by atoms with Crippen LogP contribution in [-0.2, 0) is 4.74 Å². The highest BCUT2D eigenvalue weighted by Gasteiger charge is 2.24. The first-order valence-electron chi connectivity index (χ1n) is 10.4. The van der Waals surface area contributed by atoms with Crippen LogP contribution in [0.25, 0.3) is 22.3 Å². The molecule has 0 bridgehead atoms. The van der Waals surface area contributed by atoms with Gasteiger partial charge in [0.1, 0.15) is 5.69 Å². The molecule has 3 aromatic rings. The van der Waals surface area contributed by atoms with Gasteiger partial charge in [-0.25, -0.2) is 14.8 Å². The predicted molar refractivity (Wildman–Crippen MR) is 125 cm³/mol. The first kappa shape index (κ1) is 20.5. The largest absolute Gasteiger partial charge is 0.465 e. The fourth-order valence-electron chi connectivity index (χ4n) is 3.90. The number of esters is 1. The molecule has 0 N–H and O–H groups in total. The van der Waals surface area contributed by atoms with Crippen molar-refractivity contribution in [2.45, 2.75) is 19.8 Å². The van der Waals surface area contributed by atoms with Gasteiger partial charge in [-0.05, 0) is 49.6 Å². The lowest BCUT2D eigenvalue weighted by molar-refractivity contribution is 0.0601. The summed E-state index contributed by atoms with van der Waals surface area (Å²) >= 11 is 0. The molecule has 2 aromatic carbocycles. The highest BCUT2D eigenvalue weighted by atomic mass is 16.5. The van der Waals surface area contributed by atoms with Crippen molar-refractivity contribution in [3.63, 3.8) is 0 Å². The van der Waals surface area contributed by atoms with Gasteiger partial charge in [0, 0.05) is 17.8 Å². The Morgan fingerprint density at radius 1 is 1.13 bits per heavy atom. The van der Waals surface area contributed by atoms with Crippen molar-refractivity contribution < 1.29 is 9.53 Å². The lowest BCUT2D eigenvalue weighted by atomic mass is 10.0. The standard InChI is InChI=1S/C26H25N3O2/c1-4-10-23-18(5-2)13-9-16-29(23)25-24(19-11-7-6-8-12-19)27-21-15-14-20(26(30)31-3)17-22(21)28-25/h4-8,10-12,14-15,17H,2,9,13,16H2,1,3H3/b10-4-. The first-order valence-corrected chi connectivity index (χ1v) is 10.4. The summed E-state index contributed by atoms with van der Waals surface area (Å²) in [5, 5.41) is 0. The lowest BCUT2D eigenvalue weighted by Crippen LogP contribution is -2.29. The van der Waals surface area contributed by atoms with Crippen molar-refractivity contribution >= 4 is 22.8 Å². The van der Waals surface area contributed by atoms with Crippen LogP contribution in [0.1, 0.15) is 30.1 Å². The van der Waals surface area contributed by atoms with Crippen molar-refractivity contribution in [2.75, 3.05) is 18.6 Å². The molecular formula is C26H25N3O2. The Labute approximate surface area is 182 Å². The zero-order valence-electron chi connectivity index (χ0n) is 17.8. The van der Waals surface area contributed by atoms with Crippen LogP contribution in [0.15, 0.2) is 84.6 Å². The average Bonchev–Trinajstić information content (AvgIpc) is 2.83. The normalized spacial score (nSPS) is 14.3. The van der Waals surface area contributed by atoms with Crippen LogP contribution < -0.4 is 4.90 Å². The molecular weight excluding hydrogens is 386 g/mol. The molecule has 0 amide bonds. The van der Waals surface area contributed by atoms with E-state index in [1.165, 1.54) is 12.7 Å². The Morgan fingerprint density at radius 3 is 2.65 bits per heavy atom. The highest BCUT2D eigenvalue weighted by molar-refractivity contribution is 5.94. The summed E-state index contributed by atoms with van der Waals surface area (Å²) < 4.78 is 4.88. The maximum Gasteiger partial charge on any atom is 0.337 e. The summed E-state index contributed by atoms with van der Waals surface area (Å²) in [6.45, 7) is 6.84. The summed E-state index contributed by atoms with van der Waals surface area (Å²) in [7, 11) is 1.38. The van der Waals surface area contributed by atoms with Crippen molar-refractivity contribution in [1.82, 2.24) is 9.97 Å². The van der Waals surface area contributed by atoms with Gasteiger partial charge in [-0.1, -0.05) is 49.1 Å². The number of hydrogen-bond acceptors (Lipinski definition) is 5. The summed E-state index contributed by atoms with van der Waals surface area (Å²) in [6.07, 6.45) is 8.03. The number of methoxy groups -OCH3 is 1. The van der Waals surface area contributed by atoms with E-state index in [1.807, 2.05) is 55.5 Å². The van der Waals surface area contributed by atoms with E-state index in [0.717, 1.165) is 47.7 Å². The topological polar surface area (TPSA) is 55.3 Å². The number of allylic oxidation sites excluding steroid dienone is 4. The molecule has 1 aromatic heterocycles. The molecule has 5 nitrogen and oxygen atoms in total. The Balaban J connectivity index is 1.98. The third kappa shape index (κ3) is 3.99. The monoisotopic (exact) mass is 411 g/mol. The van der Waals surface area contributed by atoms with Gasteiger partial charge in [-0.3, -0.25) is 0 Å². The zero-order valence-corrected chi connectivity index (χ0v) is 17.8. The molecule has 0 atom stereocenters. The number of rotatable bonds is 5. The Kier molecular flexibility index (Phi) is 5.94. The van der Waals surface area contributed by atoms with Gasteiger partial charge in [0.25, 0.3) is 0 Å². The van der Waals surface area contributed by atoms with E-state index in [4.69, 9.17) is 14.7 Å². The third-order valence-electron chi connectivity index (χ3n) is 5.39. The predicted octanol–water partition coefficient (Wildman–Crippen LogP) is 5.70. The maximum absolute atomic E-state index is 12.0. The number of nitrogens with zero attached hydrogens (tertiary/aromatic N) is 3. The SMILES string of the molecule is C=CC1=C(/C=C\C)N(c2nc3cc(C(=O)OC)ccc3nc2-c2ccccc2)CCC1. The van der Waals surface area contributed by atoms with E-state index in [2.05, 4.69) is 17.6 Å². The Morgan fingerprint density at radius 2 is 1.94 bits per heavy atom. The Hall–Kier alpha value is -3.73. The fraction of sp³-hybridized carbons (Fsp3) is 0.192. The van der Waals surface area contributed by atoms with Gasteiger partial charge in [0.15, 0.2) is 5.82 Å². The van der Waals surface area contributed by atoms with Crippen LogP contribution in [-0.4, -0.2) is 29.6 Å². The second-order valence-electron chi connectivity index (χ2n) is 7.33. The minimum absolute atomic E-state index is 0.390. The van der Waals surface area contributed by atoms with Crippen LogP contribution in [0.2, 0.25) is 0 Å². The van der Waals surface area contributed by atoms with E-state index >= 15 is 0 Å². The maximum atomic E-state index is 12.0. The second-order valence-corrected chi connectivity index (χ2v) is 7.33. The van der Waals surface area contributed by atoms with E-state index in [-0.39, 0.29) is 5.97 Å². The van der Waals surface area contributed by atoms with Crippen molar-refractivity contribution in [3.05, 3.63) is 90.2 Å². The van der Waals surface area contributed by atoms with Crippen molar-refractivity contribution in [1.29, 1.82) is 0 Å². The third-order valence-corrected chi connectivity index (χ3v) is 5.39. The molecule has 0 unspecified atom stereocenters. The number of fused-ring (bicyclic) bond motifs is 1. The van der Waals surface area contributed by atoms with Crippen LogP contribution in [0.3, 0.4) is 0 Å². The van der Waals surface area contributed by atoms with Crippen LogP contribution in [0.5, 0.6) is 0 Å². The van der Waals surface area contributed by atoms with Crippen LogP contribution in [0, 0.1) is 0 Å². The van der Waals surface area contributed by atoms with Gasteiger partial charge < -0.3 is 9.64 Å². The molecule has 1 aliphatic heterocycles. The molecule has 31 heavy (non-hydrogen) atoms. The number of benzene rings is 2. The number of anilines is 1. The number of hydrogen-bond donors (Lipinski definition) is 0. The molecule has 1 aliphatic rings. The quantitative estimate of drug-likeness (QED) is 0.504. The summed E-state index contributed by atoms with van der Waals surface area (Å²) in [4.78, 5) is 24.2.